The highest BCUT2D eigenvalue weighted by Crippen LogP contribution is 2.22. The minimum atomic E-state index is 0.0230. The summed E-state index contributed by atoms with van der Waals surface area (Å²) in [5.74, 6) is 0.0230. The molecule has 0 fully saturated rings. The fourth-order valence-electron chi connectivity index (χ4n) is 1.68. The van der Waals surface area contributed by atoms with Crippen LogP contribution in [0.2, 0.25) is 0 Å². The van der Waals surface area contributed by atoms with Crippen LogP contribution in [0.15, 0.2) is 0 Å². The normalized spacial score (nSPS) is 12.5. The van der Waals surface area contributed by atoms with E-state index in [-0.39, 0.29) is 11.9 Å². The standard InChI is InChI=1S/C12H21N3OS/c1-5-10-9(4)17-12(14-10)15-11(16)7-8(3)13-6-2/h8,13H,5-7H2,1-4H3,(H,14,15,16). The predicted octanol–water partition coefficient (Wildman–Crippen LogP) is 2.34. The lowest BCUT2D eigenvalue weighted by Crippen LogP contribution is -2.30. The van der Waals surface area contributed by atoms with Gasteiger partial charge in [-0.2, -0.15) is 0 Å². The van der Waals surface area contributed by atoms with Crippen molar-refractivity contribution in [2.45, 2.75) is 46.6 Å². The summed E-state index contributed by atoms with van der Waals surface area (Å²) in [7, 11) is 0. The van der Waals surface area contributed by atoms with E-state index in [4.69, 9.17) is 0 Å². The Morgan fingerprint density at radius 2 is 2.18 bits per heavy atom. The lowest BCUT2D eigenvalue weighted by atomic mass is 10.2. The summed E-state index contributed by atoms with van der Waals surface area (Å²) in [4.78, 5) is 17.3. The fourth-order valence-corrected chi connectivity index (χ4v) is 2.60. The molecule has 0 spiro atoms. The number of rotatable bonds is 6. The van der Waals surface area contributed by atoms with E-state index in [2.05, 4.69) is 22.5 Å². The number of aromatic nitrogens is 1. The number of thiazole rings is 1. The van der Waals surface area contributed by atoms with Crippen LogP contribution in [0.25, 0.3) is 0 Å². The molecule has 2 N–H and O–H groups in total. The molecule has 1 aromatic heterocycles. The largest absolute Gasteiger partial charge is 0.314 e. The van der Waals surface area contributed by atoms with Gasteiger partial charge < -0.3 is 10.6 Å². The maximum atomic E-state index is 11.7. The highest BCUT2D eigenvalue weighted by molar-refractivity contribution is 7.15. The van der Waals surface area contributed by atoms with Gasteiger partial charge in [-0.3, -0.25) is 4.79 Å². The van der Waals surface area contributed by atoms with Crippen LogP contribution in [-0.2, 0) is 11.2 Å². The Kier molecular flexibility index (Phi) is 5.58. The third kappa shape index (κ3) is 4.44. The average Bonchev–Trinajstić information content (AvgIpc) is 2.58. The van der Waals surface area contributed by atoms with E-state index in [0.29, 0.717) is 11.6 Å². The Bertz CT molecular complexity index is 376. The Morgan fingerprint density at radius 3 is 2.71 bits per heavy atom. The summed E-state index contributed by atoms with van der Waals surface area (Å²) in [6.45, 7) is 9.03. The molecule has 0 saturated carbocycles. The maximum Gasteiger partial charge on any atom is 0.227 e. The SMILES string of the molecule is CCNC(C)CC(=O)Nc1nc(CC)c(C)s1. The molecule has 5 heteroatoms. The van der Waals surface area contributed by atoms with Crippen LogP contribution in [0.3, 0.4) is 0 Å². The molecule has 17 heavy (non-hydrogen) atoms. The zero-order chi connectivity index (χ0) is 12.8. The van der Waals surface area contributed by atoms with Gasteiger partial charge in [0.05, 0.1) is 5.69 Å². The number of hydrogen-bond donors (Lipinski definition) is 2. The van der Waals surface area contributed by atoms with Gasteiger partial charge in [-0.05, 0) is 26.8 Å². The molecule has 0 aliphatic heterocycles. The topological polar surface area (TPSA) is 54.0 Å². The van der Waals surface area contributed by atoms with E-state index >= 15 is 0 Å². The van der Waals surface area contributed by atoms with Crippen molar-refractivity contribution in [3.63, 3.8) is 0 Å². The van der Waals surface area contributed by atoms with Crippen LogP contribution < -0.4 is 10.6 Å². The van der Waals surface area contributed by atoms with Crippen LogP contribution in [0.4, 0.5) is 5.13 Å². The molecule has 0 bridgehead atoms. The fraction of sp³-hybridized carbons (Fsp3) is 0.667. The highest BCUT2D eigenvalue weighted by Gasteiger charge is 2.11. The van der Waals surface area contributed by atoms with E-state index < -0.39 is 0 Å². The molecule has 0 aromatic carbocycles. The number of anilines is 1. The zero-order valence-corrected chi connectivity index (χ0v) is 11.8. The molecule has 0 radical (unpaired) electrons. The predicted molar refractivity (Wildman–Crippen MR) is 72.6 cm³/mol. The molecule has 4 nitrogen and oxygen atoms in total. The molecule has 96 valence electrons. The molecule has 0 aliphatic carbocycles. The van der Waals surface area contributed by atoms with Crippen molar-refractivity contribution in [3.05, 3.63) is 10.6 Å². The van der Waals surface area contributed by atoms with Crippen LogP contribution in [0, 0.1) is 6.92 Å². The minimum absolute atomic E-state index is 0.0230. The first-order valence-electron chi connectivity index (χ1n) is 6.06. The number of nitrogens with one attached hydrogen (secondary N) is 2. The van der Waals surface area contributed by atoms with Crippen molar-refractivity contribution in [1.82, 2.24) is 10.3 Å². The molecule has 0 aliphatic rings. The minimum Gasteiger partial charge on any atom is -0.314 e. The molecular weight excluding hydrogens is 234 g/mol. The molecule has 0 saturated heterocycles. The van der Waals surface area contributed by atoms with Crippen molar-refractivity contribution in [1.29, 1.82) is 0 Å². The van der Waals surface area contributed by atoms with Gasteiger partial charge in [0.2, 0.25) is 5.91 Å². The monoisotopic (exact) mass is 255 g/mol. The molecular formula is C12H21N3OS. The number of carbonyl (C=O) groups is 1. The van der Waals surface area contributed by atoms with Gasteiger partial charge in [0.1, 0.15) is 0 Å². The Balaban J connectivity index is 2.50. The number of aryl methyl sites for hydroxylation is 2. The summed E-state index contributed by atoms with van der Waals surface area (Å²) in [5.41, 5.74) is 1.07. The van der Waals surface area contributed by atoms with Crippen molar-refractivity contribution in [3.8, 4) is 0 Å². The zero-order valence-electron chi connectivity index (χ0n) is 11.0. The summed E-state index contributed by atoms with van der Waals surface area (Å²) < 4.78 is 0. The van der Waals surface area contributed by atoms with E-state index in [9.17, 15) is 4.79 Å². The second kappa shape index (κ2) is 6.71. The first-order chi connectivity index (χ1) is 8.06. The van der Waals surface area contributed by atoms with Crippen molar-refractivity contribution >= 4 is 22.4 Å². The van der Waals surface area contributed by atoms with E-state index in [0.717, 1.165) is 18.7 Å². The Morgan fingerprint density at radius 1 is 1.47 bits per heavy atom. The van der Waals surface area contributed by atoms with Gasteiger partial charge >= 0.3 is 0 Å². The smallest absolute Gasteiger partial charge is 0.227 e. The molecule has 1 heterocycles. The van der Waals surface area contributed by atoms with E-state index in [1.165, 1.54) is 4.88 Å². The van der Waals surface area contributed by atoms with Crippen LogP contribution in [0.5, 0.6) is 0 Å². The third-order valence-electron chi connectivity index (χ3n) is 2.52. The third-order valence-corrected chi connectivity index (χ3v) is 3.45. The molecule has 1 rings (SSSR count). The van der Waals surface area contributed by atoms with Gasteiger partial charge in [-0.15, -0.1) is 11.3 Å². The van der Waals surface area contributed by atoms with Crippen LogP contribution in [0.1, 0.15) is 37.8 Å². The van der Waals surface area contributed by atoms with Gasteiger partial charge in [0, 0.05) is 17.3 Å². The summed E-state index contributed by atoms with van der Waals surface area (Å²) >= 11 is 1.54. The highest BCUT2D eigenvalue weighted by atomic mass is 32.1. The number of amides is 1. The van der Waals surface area contributed by atoms with E-state index in [1.54, 1.807) is 11.3 Å². The lowest BCUT2D eigenvalue weighted by molar-refractivity contribution is -0.116. The van der Waals surface area contributed by atoms with Crippen molar-refractivity contribution < 1.29 is 4.79 Å². The van der Waals surface area contributed by atoms with Gasteiger partial charge in [-0.1, -0.05) is 13.8 Å². The van der Waals surface area contributed by atoms with Crippen LogP contribution in [-0.4, -0.2) is 23.5 Å². The lowest BCUT2D eigenvalue weighted by Gasteiger charge is -2.10. The number of carbonyl (C=O) groups excluding carboxylic acids is 1. The van der Waals surface area contributed by atoms with Gasteiger partial charge in [0.15, 0.2) is 5.13 Å². The molecule has 1 unspecified atom stereocenters. The second-order valence-electron chi connectivity index (χ2n) is 4.09. The van der Waals surface area contributed by atoms with Gasteiger partial charge in [-0.25, -0.2) is 4.98 Å². The molecule has 1 aromatic rings. The Hall–Kier alpha value is -0.940. The van der Waals surface area contributed by atoms with Gasteiger partial charge in [0.25, 0.3) is 0 Å². The van der Waals surface area contributed by atoms with E-state index in [1.807, 2.05) is 20.8 Å². The van der Waals surface area contributed by atoms with Crippen molar-refractivity contribution in [2.24, 2.45) is 0 Å². The Labute approximate surface area is 107 Å². The summed E-state index contributed by atoms with van der Waals surface area (Å²) in [6, 6.07) is 0.201. The number of nitrogens with zero attached hydrogens (tertiary/aromatic N) is 1. The molecule has 1 atom stereocenters. The van der Waals surface area contributed by atoms with Crippen LogP contribution >= 0.6 is 11.3 Å². The maximum absolute atomic E-state index is 11.7. The second-order valence-corrected chi connectivity index (χ2v) is 5.29. The first kappa shape index (κ1) is 14.1. The summed E-state index contributed by atoms with van der Waals surface area (Å²) in [6.07, 6.45) is 1.39. The summed E-state index contributed by atoms with van der Waals surface area (Å²) in [5, 5.41) is 6.78. The average molecular weight is 255 g/mol. The molecule has 1 amide bonds. The van der Waals surface area contributed by atoms with Crippen molar-refractivity contribution in [2.75, 3.05) is 11.9 Å². The number of hydrogen-bond acceptors (Lipinski definition) is 4. The quantitative estimate of drug-likeness (QED) is 0.820. The first-order valence-corrected chi connectivity index (χ1v) is 6.88.